The number of nitrogens with zero attached hydrogens (tertiary/aromatic N) is 1. The molecule has 1 aromatic rings. The lowest BCUT2D eigenvalue weighted by atomic mass is 10.0. The van der Waals surface area contributed by atoms with Crippen LogP contribution in [0.15, 0.2) is 24.3 Å². The first-order valence-electron chi connectivity index (χ1n) is 8.74. The molecule has 0 aliphatic heterocycles. The van der Waals surface area contributed by atoms with E-state index in [1.165, 1.54) is 12.7 Å². The lowest BCUT2D eigenvalue weighted by Gasteiger charge is -2.19. The number of nitrogens with one attached hydrogen (secondary N) is 2. The van der Waals surface area contributed by atoms with E-state index >= 15 is 0 Å². The van der Waals surface area contributed by atoms with E-state index in [1.54, 1.807) is 0 Å². The molecular weight excluding hydrogens is 318 g/mol. The summed E-state index contributed by atoms with van der Waals surface area (Å²) >= 11 is 0. The van der Waals surface area contributed by atoms with Gasteiger partial charge < -0.3 is 20.3 Å². The Bertz CT molecular complexity index is 561. The van der Waals surface area contributed by atoms with Crippen LogP contribution in [0.4, 0.5) is 4.79 Å². The minimum atomic E-state index is -0.596. The highest BCUT2D eigenvalue weighted by Crippen LogP contribution is 2.09. The number of methoxy groups -OCH3 is 1. The molecule has 0 aromatic heterocycles. The highest BCUT2D eigenvalue weighted by Gasteiger charge is 2.22. The maximum atomic E-state index is 12.4. The molecule has 0 fully saturated rings. The molecule has 0 unspecified atom stereocenters. The van der Waals surface area contributed by atoms with Crippen molar-refractivity contribution < 1.29 is 14.3 Å². The van der Waals surface area contributed by atoms with Crippen molar-refractivity contribution in [2.75, 3.05) is 20.7 Å². The molecule has 0 bridgehead atoms. The Kier molecular flexibility index (Phi) is 8.99. The monoisotopic (exact) mass is 349 g/mol. The molecule has 140 valence electrons. The average Bonchev–Trinajstić information content (AvgIpc) is 2.58. The Morgan fingerprint density at radius 1 is 1.24 bits per heavy atom. The maximum absolute atomic E-state index is 12.4. The molecule has 6 heteroatoms. The average molecular weight is 349 g/mol. The van der Waals surface area contributed by atoms with Crippen LogP contribution in [0.3, 0.4) is 0 Å². The van der Waals surface area contributed by atoms with Gasteiger partial charge in [0.15, 0.2) is 0 Å². The Hall–Kier alpha value is -2.08. The minimum absolute atomic E-state index is 0.199. The zero-order chi connectivity index (χ0) is 18.8. The molecule has 0 spiro atoms. The van der Waals surface area contributed by atoms with Crippen LogP contribution in [0.1, 0.15) is 38.3 Å². The van der Waals surface area contributed by atoms with Crippen molar-refractivity contribution in [3.8, 4) is 0 Å². The first-order chi connectivity index (χ1) is 11.8. The van der Waals surface area contributed by atoms with Gasteiger partial charge in [-0.15, -0.1) is 0 Å². The van der Waals surface area contributed by atoms with Crippen molar-refractivity contribution in [3.05, 3.63) is 35.4 Å². The number of carbonyl (C=O) groups excluding carboxylic acids is 2. The molecule has 2 amide bonds. The van der Waals surface area contributed by atoms with Gasteiger partial charge in [0.2, 0.25) is 5.91 Å². The fourth-order valence-corrected chi connectivity index (χ4v) is 2.48. The largest absolute Gasteiger partial charge is 0.453 e. The summed E-state index contributed by atoms with van der Waals surface area (Å²) in [5.74, 6) is 0.0796. The van der Waals surface area contributed by atoms with Gasteiger partial charge in [0.1, 0.15) is 6.04 Å². The molecule has 1 atom stereocenters. The van der Waals surface area contributed by atoms with E-state index in [2.05, 4.69) is 46.4 Å². The summed E-state index contributed by atoms with van der Waals surface area (Å²) in [7, 11) is 3.36. The van der Waals surface area contributed by atoms with Gasteiger partial charge in [-0.25, -0.2) is 4.79 Å². The summed E-state index contributed by atoms with van der Waals surface area (Å²) < 4.78 is 4.60. The van der Waals surface area contributed by atoms with Crippen LogP contribution >= 0.6 is 0 Å². The second-order valence-electron chi connectivity index (χ2n) is 6.69. The summed E-state index contributed by atoms with van der Waals surface area (Å²) in [5, 5.41) is 5.50. The van der Waals surface area contributed by atoms with Crippen molar-refractivity contribution in [2.45, 2.75) is 46.3 Å². The van der Waals surface area contributed by atoms with Crippen LogP contribution in [0, 0.1) is 5.92 Å². The Labute approximate surface area is 150 Å². The first-order valence-corrected chi connectivity index (χ1v) is 8.74. The third-order valence-electron chi connectivity index (χ3n) is 3.95. The van der Waals surface area contributed by atoms with E-state index in [-0.39, 0.29) is 11.8 Å². The van der Waals surface area contributed by atoms with Gasteiger partial charge in [-0.3, -0.25) is 4.79 Å². The van der Waals surface area contributed by atoms with Crippen molar-refractivity contribution >= 4 is 12.0 Å². The van der Waals surface area contributed by atoms with E-state index in [0.29, 0.717) is 13.0 Å². The van der Waals surface area contributed by atoms with Crippen LogP contribution in [0.2, 0.25) is 0 Å². The predicted molar refractivity (Wildman–Crippen MR) is 99.1 cm³/mol. The number of alkyl carbamates (subject to hydrolysis) is 1. The molecule has 0 heterocycles. The predicted octanol–water partition coefficient (Wildman–Crippen LogP) is 2.53. The van der Waals surface area contributed by atoms with Crippen LogP contribution in [0.25, 0.3) is 0 Å². The van der Waals surface area contributed by atoms with Crippen molar-refractivity contribution in [1.82, 2.24) is 15.5 Å². The fraction of sp³-hybridized carbons (Fsp3) is 0.579. The summed E-state index contributed by atoms with van der Waals surface area (Å²) in [4.78, 5) is 26.1. The van der Waals surface area contributed by atoms with E-state index in [1.807, 2.05) is 26.0 Å². The lowest BCUT2D eigenvalue weighted by Crippen LogP contribution is -2.47. The maximum Gasteiger partial charge on any atom is 0.407 e. The van der Waals surface area contributed by atoms with E-state index < -0.39 is 12.1 Å². The lowest BCUT2D eigenvalue weighted by molar-refractivity contribution is -0.123. The normalized spacial score (nSPS) is 12.1. The molecule has 0 aliphatic rings. The highest BCUT2D eigenvalue weighted by molar-refractivity contribution is 5.85. The van der Waals surface area contributed by atoms with Crippen LogP contribution < -0.4 is 10.6 Å². The number of ether oxygens (including phenoxy) is 1. The van der Waals surface area contributed by atoms with Crippen LogP contribution in [-0.4, -0.2) is 43.6 Å². The van der Waals surface area contributed by atoms with Gasteiger partial charge in [0, 0.05) is 13.1 Å². The van der Waals surface area contributed by atoms with E-state index in [4.69, 9.17) is 0 Å². The van der Waals surface area contributed by atoms with Crippen molar-refractivity contribution in [2.24, 2.45) is 5.92 Å². The Morgan fingerprint density at radius 2 is 1.92 bits per heavy atom. The van der Waals surface area contributed by atoms with Crippen molar-refractivity contribution in [1.29, 1.82) is 0 Å². The zero-order valence-corrected chi connectivity index (χ0v) is 16.0. The standard InChI is InChI=1S/C19H31N3O3/c1-6-22(4)13-16-9-7-8-15(11-16)12-20-18(23)17(10-14(2)3)21-19(24)25-5/h7-9,11,14,17H,6,10,12-13H2,1-5H3,(H,20,23)(H,21,24)/t17-/m0/s1. The van der Waals surface area contributed by atoms with Gasteiger partial charge in [0.25, 0.3) is 0 Å². The summed E-state index contributed by atoms with van der Waals surface area (Å²) in [6, 6.07) is 7.57. The molecule has 1 rings (SSSR count). The second kappa shape index (κ2) is 10.7. The molecule has 0 aliphatic carbocycles. The SMILES string of the molecule is CCN(C)Cc1cccc(CNC(=O)[C@H](CC(C)C)NC(=O)OC)c1. The summed E-state index contributed by atoms with van der Waals surface area (Å²) in [6.45, 7) is 8.42. The smallest absolute Gasteiger partial charge is 0.407 e. The second-order valence-corrected chi connectivity index (χ2v) is 6.69. The summed E-state index contributed by atoms with van der Waals surface area (Å²) in [6.07, 6.45) is -0.0344. The topological polar surface area (TPSA) is 70.7 Å². The van der Waals surface area contributed by atoms with E-state index in [0.717, 1.165) is 18.7 Å². The molecular formula is C19H31N3O3. The molecule has 25 heavy (non-hydrogen) atoms. The number of benzene rings is 1. The number of rotatable bonds is 9. The molecule has 0 saturated heterocycles. The molecule has 0 saturated carbocycles. The van der Waals surface area contributed by atoms with Crippen molar-refractivity contribution in [3.63, 3.8) is 0 Å². The van der Waals surface area contributed by atoms with Gasteiger partial charge in [0.05, 0.1) is 7.11 Å². The third kappa shape index (κ3) is 8.03. The molecule has 2 N–H and O–H groups in total. The van der Waals surface area contributed by atoms with Gasteiger partial charge >= 0.3 is 6.09 Å². The molecule has 1 aromatic carbocycles. The third-order valence-corrected chi connectivity index (χ3v) is 3.95. The number of hydrogen-bond acceptors (Lipinski definition) is 4. The summed E-state index contributed by atoms with van der Waals surface area (Å²) in [5.41, 5.74) is 2.25. The van der Waals surface area contributed by atoms with Gasteiger partial charge in [-0.2, -0.15) is 0 Å². The quantitative estimate of drug-likeness (QED) is 0.719. The molecule has 6 nitrogen and oxygen atoms in total. The number of hydrogen-bond donors (Lipinski definition) is 2. The van der Waals surface area contributed by atoms with E-state index in [9.17, 15) is 9.59 Å². The van der Waals surface area contributed by atoms with Gasteiger partial charge in [-0.1, -0.05) is 45.0 Å². The Morgan fingerprint density at radius 3 is 2.52 bits per heavy atom. The van der Waals surface area contributed by atoms with Gasteiger partial charge in [-0.05, 0) is 37.1 Å². The number of amides is 2. The highest BCUT2D eigenvalue weighted by atomic mass is 16.5. The van der Waals surface area contributed by atoms with Crippen LogP contribution in [-0.2, 0) is 22.6 Å². The minimum Gasteiger partial charge on any atom is -0.453 e. The fourth-order valence-electron chi connectivity index (χ4n) is 2.48. The first kappa shape index (κ1) is 21.0. The van der Waals surface area contributed by atoms with Crippen LogP contribution in [0.5, 0.6) is 0 Å². The number of carbonyl (C=O) groups is 2. The molecule has 0 radical (unpaired) electrons. The zero-order valence-electron chi connectivity index (χ0n) is 16.0. The Balaban J connectivity index is 2.65.